The lowest BCUT2D eigenvalue weighted by Gasteiger charge is -2.29. The maximum absolute atomic E-state index is 13.8. The van der Waals surface area contributed by atoms with Crippen molar-refractivity contribution in [2.24, 2.45) is 0 Å². The molecular weight excluding hydrogens is 496 g/mol. The Morgan fingerprint density at radius 3 is 2.36 bits per heavy atom. The standard InChI is InChI=1S/C31H38N2O6/c1-22-7-11-25(12-8-22)31(35)33(19-26-6-5-17-38-26)21-30(34)32(20-27-13-9-23(2)39-27)16-15-24-10-14-28(36-3)29(18-24)37-4/h7-14,18,26H,5-6,15-17,19-21H2,1-4H3/t26-/m0/s1. The van der Waals surface area contributed by atoms with Crippen LogP contribution in [0.2, 0.25) is 0 Å². The number of hydrogen-bond donors (Lipinski definition) is 0. The van der Waals surface area contributed by atoms with Crippen LogP contribution in [0.3, 0.4) is 0 Å². The zero-order chi connectivity index (χ0) is 27.8. The van der Waals surface area contributed by atoms with Crippen LogP contribution in [0.1, 0.15) is 45.8 Å². The number of nitrogens with zero attached hydrogens (tertiary/aromatic N) is 2. The number of furan rings is 1. The minimum Gasteiger partial charge on any atom is -0.493 e. The van der Waals surface area contributed by atoms with Crippen molar-refractivity contribution in [1.82, 2.24) is 9.80 Å². The number of carbonyl (C=O) groups excluding carboxylic acids is 2. The minimum absolute atomic E-state index is 0.0435. The van der Waals surface area contributed by atoms with Gasteiger partial charge in [-0.15, -0.1) is 0 Å². The van der Waals surface area contributed by atoms with Crippen molar-refractivity contribution < 1.29 is 28.2 Å². The van der Waals surface area contributed by atoms with Crippen molar-refractivity contribution in [3.05, 3.63) is 82.8 Å². The quantitative estimate of drug-likeness (QED) is 0.332. The maximum Gasteiger partial charge on any atom is 0.254 e. The van der Waals surface area contributed by atoms with E-state index in [4.69, 9.17) is 18.6 Å². The summed E-state index contributed by atoms with van der Waals surface area (Å²) in [5, 5.41) is 0. The summed E-state index contributed by atoms with van der Waals surface area (Å²) in [4.78, 5) is 30.7. The van der Waals surface area contributed by atoms with Crippen LogP contribution in [0.5, 0.6) is 11.5 Å². The smallest absolute Gasteiger partial charge is 0.254 e. The van der Waals surface area contributed by atoms with Crippen LogP contribution in [0.15, 0.2) is 59.0 Å². The van der Waals surface area contributed by atoms with Crippen LogP contribution in [0.25, 0.3) is 0 Å². The first-order chi connectivity index (χ1) is 18.9. The van der Waals surface area contributed by atoms with Gasteiger partial charge in [0, 0.05) is 25.3 Å². The molecule has 0 bridgehead atoms. The van der Waals surface area contributed by atoms with Gasteiger partial charge in [0.1, 0.15) is 18.1 Å². The molecule has 1 saturated heterocycles. The molecule has 2 aromatic carbocycles. The van der Waals surface area contributed by atoms with E-state index in [1.165, 1.54) is 0 Å². The molecule has 0 aliphatic carbocycles. The minimum atomic E-state index is -0.174. The summed E-state index contributed by atoms with van der Waals surface area (Å²) in [5.74, 6) is 2.45. The van der Waals surface area contributed by atoms with Gasteiger partial charge in [-0.25, -0.2) is 0 Å². The van der Waals surface area contributed by atoms with E-state index >= 15 is 0 Å². The predicted octanol–water partition coefficient (Wildman–Crippen LogP) is 4.81. The van der Waals surface area contributed by atoms with E-state index in [2.05, 4.69) is 0 Å². The molecule has 4 rings (SSSR count). The topological polar surface area (TPSA) is 81.5 Å². The molecule has 1 aliphatic rings. The molecule has 208 valence electrons. The number of aryl methyl sites for hydroxylation is 2. The van der Waals surface area contributed by atoms with E-state index in [9.17, 15) is 9.59 Å². The molecule has 8 nitrogen and oxygen atoms in total. The zero-order valence-electron chi connectivity index (χ0n) is 23.3. The normalized spacial score (nSPS) is 14.7. The summed E-state index contributed by atoms with van der Waals surface area (Å²) in [7, 11) is 3.20. The molecule has 39 heavy (non-hydrogen) atoms. The molecule has 1 aliphatic heterocycles. The largest absolute Gasteiger partial charge is 0.493 e. The fraction of sp³-hybridized carbons (Fsp3) is 0.419. The first-order valence-corrected chi connectivity index (χ1v) is 13.4. The lowest BCUT2D eigenvalue weighted by Crippen LogP contribution is -2.46. The van der Waals surface area contributed by atoms with E-state index in [1.807, 2.05) is 68.4 Å². The summed E-state index contributed by atoms with van der Waals surface area (Å²) in [6, 6.07) is 17.0. The molecular formula is C31H38N2O6. The molecule has 2 amide bonds. The Morgan fingerprint density at radius 2 is 1.72 bits per heavy atom. The Hall–Kier alpha value is -3.78. The van der Waals surface area contributed by atoms with Gasteiger partial charge in [0.05, 0.1) is 26.9 Å². The van der Waals surface area contributed by atoms with Gasteiger partial charge in [-0.05, 0) is 75.1 Å². The number of ether oxygens (including phenoxy) is 3. The van der Waals surface area contributed by atoms with Crippen LogP contribution in [-0.2, 0) is 22.5 Å². The first-order valence-electron chi connectivity index (χ1n) is 13.4. The van der Waals surface area contributed by atoms with Crippen LogP contribution in [-0.4, -0.2) is 68.2 Å². The van der Waals surface area contributed by atoms with Gasteiger partial charge in [0.2, 0.25) is 5.91 Å². The third-order valence-corrected chi connectivity index (χ3v) is 6.97. The predicted molar refractivity (Wildman–Crippen MR) is 148 cm³/mol. The Labute approximate surface area is 230 Å². The highest BCUT2D eigenvalue weighted by Crippen LogP contribution is 2.28. The van der Waals surface area contributed by atoms with Crippen molar-refractivity contribution in [2.45, 2.75) is 45.8 Å². The summed E-state index contributed by atoms with van der Waals surface area (Å²) >= 11 is 0. The SMILES string of the molecule is COc1ccc(CCN(Cc2ccc(C)o2)C(=O)CN(C[C@@H]2CCCO2)C(=O)c2ccc(C)cc2)cc1OC. The summed E-state index contributed by atoms with van der Waals surface area (Å²) in [6.07, 6.45) is 2.37. The van der Waals surface area contributed by atoms with Crippen LogP contribution < -0.4 is 9.47 Å². The highest BCUT2D eigenvalue weighted by atomic mass is 16.5. The van der Waals surface area contributed by atoms with E-state index in [0.29, 0.717) is 55.5 Å². The van der Waals surface area contributed by atoms with Gasteiger partial charge in [-0.3, -0.25) is 9.59 Å². The first kappa shape index (κ1) is 28.2. The van der Waals surface area contributed by atoms with Gasteiger partial charge >= 0.3 is 0 Å². The Balaban J connectivity index is 1.53. The molecule has 0 spiro atoms. The van der Waals surface area contributed by atoms with Gasteiger partial charge in [-0.1, -0.05) is 23.8 Å². The van der Waals surface area contributed by atoms with Crippen molar-refractivity contribution >= 4 is 11.8 Å². The number of carbonyl (C=O) groups is 2. The Morgan fingerprint density at radius 1 is 0.949 bits per heavy atom. The summed E-state index contributed by atoms with van der Waals surface area (Å²) < 4.78 is 22.4. The highest BCUT2D eigenvalue weighted by Gasteiger charge is 2.27. The number of rotatable bonds is 12. The van der Waals surface area contributed by atoms with Crippen molar-refractivity contribution in [3.63, 3.8) is 0 Å². The Kier molecular flexibility index (Phi) is 9.65. The average Bonchev–Trinajstić information content (AvgIpc) is 3.61. The molecule has 1 fully saturated rings. The molecule has 0 unspecified atom stereocenters. The molecule has 1 aromatic heterocycles. The van der Waals surface area contributed by atoms with Crippen LogP contribution in [0, 0.1) is 13.8 Å². The number of benzene rings is 2. The average molecular weight is 535 g/mol. The Bertz CT molecular complexity index is 1250. The molecule has 3 aromatic rings. The molecule has 8 heteroatoms. The number of amides is 2. The van der Waals surface area contributed by atoms with E-state index < -0.39 is 0 Å². The lowest BCUT2D eigenvalue weighted by molar-refractivity contribution is -0.133. The fourth-order valence-corrected chi connectivity index (χ4v) is 4.75. The highest BCUT2D eigenvalue weighted by molar-refractivity contribution is 5.96. The second kappa shape index (κ2) is 13.3. The third kappa shape index (κ3) is 7.63. The monoisotopic (exact) mass is 534 g/mol. The van der Waals surface area contributed by atoms with Gasteiger partial charge in [0.25, 0.3) is 5.91 Å². The second-order valence-electron chi connectivity index (χ2n) is 9.95. The summed E-state index contributed by atoms with van der Waals surface area (Å²) in [6.45, 7) is 5.63. The van der Waals surface area contributed by atoms with Crippen molar-refractivity contribution in [3.8, 4) is 11.5 Å². The van der Waals surface area contributed by atoms with Crippen molar-refractivity contribution in [2.75, 3.05) is 40.5 Å². The molecule has 2 heterocycles. The van der Waals surface area contributed by atoms with Crippen LogP contribution in [0.4, 0.5) is 0 Å². The maximum atomic E-state index is 13.8. The van der Waals surface area contributed by atoms with Crippen LogP contribution >= 0.6 is 0 Å². The molecule has 0 radical (unpaired) electrons. The van der Waals surface area contributed by atoms with Gasteiger partial charge in [-0.2, -0.15) is 0 Å². The third-order valence-electron chi connectivity index (χ3n) is 6.97. The summed E-state index contributed by atoms with van der Waals surface area (Å²) in [5.41, 5.74) is 2.64. The van der Waals surface area contributed by atoms with E-state index in [1.54, 1.807) is 24.0 Å². The molecule has 1 atom stereocenters. The van der Waals surface area contributed by atoms with E-state index in [-0.39, 0.29) is 24.5 Å². The fourth-order valence-electron chi connectivity index (χ4n) is 4.75. The molecule has 0 N–H and O–H groups in total. The second-order valence-corrected chi connectivity index (χ2v) is 9.95. The van der Waals surface area contributed by atoms with Gasteiger partial charge < -0.3 is 28.4 Å². The number of methoxy groups -OCH3 is 2. The van der Waals surface area contributed by atoms with Gasteiger partial charge in [0.15, 0.2) is 11.5 Å². The zero-order valence-corrected chi connectivity index (χ0v) is 23.3. The number of hydrogen-bond acceptors (Lipinski definition) is 6. The molecule has 0 saturated carbocycles. The van der Waals surface area contributed by atoms with Crippen molar-refractivity contribution in [1.29, 1.82) is 0 Å². The lowest BCUT2D eigenvalue weighted by atomic mass is 10.1. The van der Waals surface area contributed by atoms with E-state index in [0.717, 1.165) is 29.7 Å².